The molecule has 2 unspecified atom stereocenters. The fourth-order valence-electron chi connectivity index (χ4n) is 2.71. The van der Waals surface area contributed by atoms with E-state index in [-0.39, 0.29) is 6.04 Å². The zero-order valence-corrected chi connectivity index (χ0v) is 10.0. The monoisotopic (exact) mass is 227 g/mol. The van der Waals surface area contributed by atoms with Crippen molar-refractivity contribution in [3.63, 3.8) is 0 Å². The van der Waals surface area contributed by atoms with Crippen LogP contribution in [-0.2, 0) is 13.0 Å². The minimum Gasteiger partial charge on any atom is -0.322 e. The van der Waals surface area contributed by atoms with Crippen molar-refractivity contribution < 1.29 is 0 Å². The van der Waals surface area contributed by atoms with E-state index in [4.69, 9.17) is 5.73 Å². The topological polar surface area (TPSA) is 43.8 Å². The van der Waals surface area contributed by atoms with E-state index in [0.717, 1.165) is 18.7 Å². The Morgan fingerprint density at radius 3 is 3.00 bits per heavy atom. The van der Waals surface area contributed by atoms with Gasteiger partial charge in [0.1, 0.15) is 0 Å². The number of hydrogen-bond acceptors (Lipinski definition) is 2. The van der Waals surface area contributed by atoms with E-state index < -0.39 is 0 Å². The van der Waals surface area contributed by atoms with Crippen LogP contribution in [0.2, 0.25) is 0 Å². The van der Waals surface area contributed by atoms with Crippen LogP contribution in [-0.4, -0.2) is 9.78 Å². The lowest BCUT2D eigenvalue weighted by Gasteiger charge is -2.34. The van der Waals surface area contributed by atoms with Gasteiger partial charge >= 0.3 is 0 Å². The molecule has 3 heteroatoms. The van der Waals surface area contributed by atoms with Gasteiger partial charge < -0.3 is 5.73 Å². The molecule has 1 aliphatic carbocycles. The minimum absolute atomic E-state index is 0.0624. The third-order valence-electron chi connectivity index (χ3n) is 3.72. The smallest absolute Gasteiger partial charge is 0.0557 e. The van der Waals surface area contributed by atoms with Crippen LogP contribution < -0.4 is 5.73 Å². The Balaban J connectivity index is 1.88. The second kappa shape index (κ2) is 4.00. The van der Waals surface area contributed by atoms with Crippen molar-refractivity contribution in [2.75, 3.05) is 0 Å². The Morgan fingerprint density at radius 1 is 1.41 bits per heavy atom. The molecule has 0 saturated carbocycles. The molecule has 1 aromatic heterocycles. The Bertz CT molecular complexity index is 530. The summed E-state index contributed by atoms with van der Waals surface area (Å²) in [5.41, 5.74) is 10.4. The predicted octanol–water partition coefficient (Wildman–Crippen LogP) is 2.24. The highest BCUT2D eigenvalue weighted by molar-refractivity contribution is 5.42. The first-order valence-electron chi connectivity index (χ1n) is 6.16. The molecule has 3 rings (SSSR count). The molecule has 2 atom stereocenters. The average Bonchev–Trinajstić information content (AvgIpc) is 2.78. The number of hydrogen-bond donors (Lipinski definition) is 1. The van der Waals surface area contributed by atoms with E-state index in [1.54, 1.807) is 0 Å². The first kappa shape index (κ1) is 10.5. The lowest BCUT2D eigenvalue weighted by atomic mass is 9.73. The fourth-order valence-corrected chi connectivity index (χ4v) is 2.71. The average molecular weight is 227 g/mol. The van der Waals surface area contributed by atoms with Crippen molar-refractivity contribution in [1.29, 1.82) is 0 Å². The molecule has 0 spiro atoms. The maximum atomic E-state index is 6.38. The highest BCUT2D eigenvalue weighted by Gasteiger charge is 2.32. The summed E-state index contributed by atoms with van der Waals surface area (Å²) in [6.45, 7) is 2.97. The SMILES string of the molecule is CCn1nccc1C(N)C1Cc2ccccc21. The zero-order valence-electron chi connectivity index (χ0n) is 10.0. The van der Waals surface area contributed by atoms with Gasteiger partial charge in [0.25, 0.3) is 0 Å². The molecule has 0 amide bonds. The summed E-state index contributed by atoms with van der Waals surface area (Å²) in [5.74, 6) is 0.452. The van der Waals surface area contributed by atoms with E-state index in [2.05, 4.69) is 36.3 Å². The Labute approximate surface area is 101 Å². The van der Waals surface area contributed by atoms with Gasteiger partial charge in [0.15, 0.2) is 0 Å². The molecular formula is C14H17N3. The zero-order chi connectivity index (χ0) is 11.8. The molecule has 0 fully saturated rings. The molecule has 0 radical (unpaired) electrons. The van der Waals surface area contributed by atoms with E-state index in [0.29, 0.717) is 5.92 Å². The third-order valence-corrected chi connectivity index (χ3v) is 3.72. The van der Waals surface area contributed by atoms with Crippen molar-refractivity contribution in [2.45, 2.75) is 31.8 Å². The summed E-state index contributed by atoms with van der Waals surface area (Å²) in [6, 6.07) is 10.7. The van der Waals surface area contributed by atoms with Crippen molar-refractivity contribution in [3.8, 4) is 0 Å². The molecule has 17 heavy (non-hydrogen) atoms. The Kier molecular flexibility index (Phi) is 2.48. The quantitative estimate of drug-likeness (QED) is 0.874. The number of benzene rings is 1. The first-order chi connectivity index (χ1) is 8.31. The van der Waals surface area contributed by atoms with Crippen LogP contribution in [0.15, 0.2) is 36.5 Å². The summed E-state index contributed by atoms with van der Waals surface area (Å²) in [5, 5.41) is 4.29. The summed E-state index contributed by atoms with van der Waals surface area (Å²) in [7, 11) is 0. The lowest BCUT2D eigenvalue weighted by Crippen LogP contribution is -2.30. The molecule has 3 nitrogen and oxygen atoms in total. The highest BCUT2D eigenvalue weighted by Crippen LogP contribution is 2.42. The van der Waals surface area contributed by atoms with Crippen molar-refractivity contribution in [1.82, 2.24) is 9.78 Å². The lowest BCUT2D eigenvalue weighted by molar-refractivity contribution is 0.461. The van der Waals surface area contributed by atoms with Crippen molar-refractivity contribution >= 4 is 0 Å². The predicted molar refractivity (Wildman–Crippen MR) is 67.7 cm³/mol. The van der Waals surface area contributed by atoms with E-state index in [9.17, 15) is 0 Å². The Morgan fingerprint density at radius 2 is 2.24 bits per heavy atom. The first-order valence-corrected chi connectivity index (χ1v) is 6.16. The van der Waals surface area contributed by atoms with Crippen LogP contribution >= 0.6 is 0 Å². The summed E-state index contributed by atoms with van der Waals surface area (Å²) in [4.78, 5) is 0. The van der Waals surface area contributed by atoms with Gasteiger partial charge in [-0.1, -0.05) is 24.3 Å². The molecule has 0 aliphatic heterocycles. The van der Waals surface area contributed by atoms with Gasteiger partial charge in [-0.05, 0) is 30.5 Å². The fraction of sp³-hybridized carbons (Fsp3) is 0.357. The summed E-state index contributed by atoms with van der Waals surface area (Å²) < 4.78 is 1.99. The van der Waals surface area contributed by atoms with Crippen LogP contribution in [0.5, 0.6) is 0 Å². The number of rotatable bonds is 3. The number of nitrogens with zero attached hydrogens (tertiary/aromatic N) is 2. The molecule has 1 aromatic carbocycles. The van der Waals surface area contributed by atoms with Crippen LogP contribution in [0.3, 0.4) is 0 Å². The number of nitrogens with two attached hydrogens (primary N) is 1. The maximum absolute atomic E-state index is 6.38. The number of aromatic nitrogens is 2. The summed E-state index contributed by atoms with van der Waals surface area (Å²) in [6.07, 6.45) is 2.93. The molecule has 1 heterocycles. The third kappa shape index (κ3) is 1.58. The van der Waals surface area contributed by atoms with Gasteiger partial charge in [-0.2, -0.15) is 5.10 Å². The van der Waals surface area contributed by atoms with E-state index in [1.165, 1.54) is 11.1 Å². The van der Waals surface area contributed by atoms with Crippen LogP contribution in [0.4, 0.5) is 0 Å². The standard InChI is InChI=1S/C14H17N3/c1-2-17-13(7-8-16-17)14(15)12-9-10-5-3-4-6-11(10)12/h3-8,12,14H,2,9,15H2,1H3. The Hall–Kier alpha value is -1.61. The second-order valence-corrected chi connectivity index (χ2v) is 4.61. The van der Waals surface area contributed by atoms with E-state index in [1.807, 2.05) is 16.9 Å². The van der Waals surface area contributed by atoms with Gasteiger partial charge in [-0.25, -0.2) is 0 Å². The maximum Gasteiger partial charge on any atom is 0.0557 e. The molecular weight excluding hydrogens is 210 g/mol. The molecule has 88 valence electrons. The van der Waals surface area contributed by atoms with Gasteiger partial charge in [-0.3, -0.25) is 4.68 Å². The van der Waals surface area contributed by atoms with Gasteiger partial charge in [-0.15, -0.1) is 0 Å². The van der Waals surface area contributed by atoms with E-state index >= 15 is 0 Å². The number of aryl methyl sites for hydroxylation is 1. The number of fused-ring (bicyclic) bond motifs is 1. The summed E-state index contributed by atoms with van der Waals surface area (Å²) >= 11 is 0. The van der Waals surface area contributed by atoms with Crippen LogP contribution in [0.1, 0.15) is 35.7 Å². The molecule has 0 bridgehead atoms. The molecule has 2 N–H and O–H groups in total. The van der Waals surface area contributed by atoms with Crippen LogP contribution in [0, 0.1) is 0 Å². The van der Waals surface area contributed by atoms with Gasteiger partial charge in [0.2, 0.25) is 0 Å². The van der Waals surface area contributed by atoms with Gasteiger partial charge in [0, 0.05) is 18.7 Å². The molecule has 0 saturated heterocycles. The minimum atomic E-state index is 0.0624. The van der Waals surface area contributed by atoms with Gasteiger partial charge in [0.05, 0.1) is 11.7 Å². The second-order valence-electron chi connectivity index (χ2n) is 4.61. The molecule has 2 aromatic rings. The van der Waals surface area contributed by atoms with Crippen LogP contribution in [0.25, 0.3) is 0 Å². The highest BCUT2D eigenvalue weighted by atomic mass is 15.3. The largest absolute Gasteiger partial charge is 0.322 e. The van der Waals surface area contributed by atoms with Crippen molar-refractivity contribution in [2.24, 2.45) is 5.73 Å². The normalized spacial score (nSPS) is 19.5. The molecule has 1 aliphatic rings. The van der Waals surface area contributed by atoms with Crippen molar-refractivity contribution in [3.05, 3.63) is 53.3 Å².